The van der Waals surface area contributed by atoms with E-state index in [4.69, 9.17) is 4.42 Å². The number of likely N-dealkylation sites (tertiary alicyclic amines) is 1. The van der Waals surface area contributed by atoms with E-state index in [0.717, 1.165) is 6.42 Å². The molecule has 3 heterocycles. The first-order valence-electron chi connectivity index (χ1n) is 8.49. The molecule has 1 aromatic heterocycles. The average molecular weight is 333 g/mol. The van der Waals surface area contributed by atoms with Gasteiger partial charge in [-0.25, -0.2) is 4.79 Å². The van der Waals surface area contributed by atoms with Gasteiger partial charge in [0.25, 0.3) is 11.8 Å². The fraction of sp³-hybridized carbons (Fsp3) is 0.588. The lowest BCUT2D eigenvalue weighted by Crippen LogP contribution is -2.49. The van der Waals surface area contributed by atoms with Crippen LogP contribution in [0.3, 0.4) is 0 Å². The third-order valence-electron chi connectivity index (χ3n) is 5.06. The van der Waals surface area contributed by atoms with E-state index in [-0.39, 0.29) is 29.8 Å². The molecule has 2 aliphatic rings. The highest BCUT2D eigenvalue weighted by molar-refractivity contribution is 6.04. The zero-order valence-electron chi connectivity index (χ0n) is 14.0. The summed E-state index contributed by atoms with van der Waals surface area (Å²) in [4.78, 5) is 40.1. The molecule has 1 aromatic rings. The second-order valence-corrected chi connectivity index (χ2v) is 6.52. The maximum absolute atomic E-state index is 12.6. The Hall–Kier alpha value is -2.31. The number of carbonyl (C=O) groups excluding carboxylic acids is 3. The third-order valence-corrected chi connectivity index (χ3v) is 5.06. The lowest BCUT2D eigenvalue weighted by atomic mass is 9.98. The van der Waals surface area contributed by atoms with Gasteiger partial charge in [-0.1, -0.05) is 20.3 Å². The quantitative estimate of drug-likeness (QED) is 0.853. The van der Waals surface area contributed by atoms with Crippen molar-refractivity contribution in [3.63, 3.8) is 0 Å². The average Bonchev–Trinajstić information content (AvgIpc) is 3.22. The van der Waals surface area contributed by atoms with Gasteiger partial charge in [0, 0.05) is 19.1 Å². The van der Waals surface area contributed by atoms with Crippen LogP contribution in [0.25, 0.3) is 0 Å². The van der Waals surface area contributed by atoms with Crippen LogP contribution in [0.1, 0.15) is 43.7 Å². The Bertz CT molecular complexity index is 620. The van der Waals surface area contributed by atoms with Crippen molar-refractivity contribution in [1.29, 1.82) is 0 Å². The van der Waals surface area contributed by atoms with E-state index >= 15 is 0 Å². The molecule has 0 radical (unpaired) electrons. The zero-order chi connectivity index (χ0) is 17.3. The highest BCUT2D eigenvalue weighted by atomic mass is 16.3. The first-order valence-corrected chi connectivity index (χ1v) is 8.49. The molecule has 7 nitrogen and oxygen atoms in total. The number of hydrogen-bond acceptors (Lipinski definition) is 4. The van der Waals surface area contributed by atoms with Crippen molar-refractivity contribution in [2.75, 3.05) is 13.1 Å². The molecular formula is C17H23N3O4. The third kappa shape index (κ3) is 2.90. The number of amides is 4. The molecular weight excluding hydrogens is 310 g/mol. The highest BCUT2D eigenvalue weighted by Crippen LogP contribution is 2.24. The van der Waals surface area contributed by atoms with Crippen LogP contribution in [0.4, 0.5) is 4.79 Å². The number of piperidine rings is 1. The molecule has 2 aliphatic heterocycles. The molecule has 3 rings (SSSR count). The number of carbonyl (C=O) groups is 3. The number of imide groups is 1. The predicted molar refractivity (Wildman–Crippen MR) is 86.3 cm³/mol. The molecule has 4 amide bonds. The van der Waals surface area contributed by atoms with E-state index < -0.39 is 6.04 Å². The number of hydrogen-bond donors (Lipinski definition) is 1. The van der Waals surface area contributed by atoms with E-state index in [1.165, 1.54) is 11.2 Å². The summed E-state index contributed by atoms with van der Waals surface area (Å²) in [5.74, 6) is 0.158. The normalized spacial score (nSPS) is 23.5. The summed E-state index contributed by atoms with van der Waals surface area (Å²) in [7, 11) is 0. The van der Waals surface area contributed by atoms with Crippen molar-refractivity contribution in [3.05, 3.63) is 24.2 Å². The molecule has 24 heavy (non-hydrogen) atoms. The van der Waals surface area contributed by atoms with Crippen molar-refractivity contribution < 1.29 is 18.8 Å². The fourth-order valence-electron chi connectivity index (χ4n) is 3.36. The van der Waals surface area contributed by atoms with Gasteiger partial charge < -0.3 is 14.6 Å². The molecule has 0 bridgehead atoms. The van der Waals surface area contributed by atoms with Crippen LogP contribution in [-0.4, -0.2) is 52.8 Å². The maximum atomic E-state index is 12.6. The van der Waals surface area contributed by atoms with Crippen molar-refractivity contribution in [1.82, 2.24) is 15.1 Å². The minimum absolute atomic E-state index is 0.118. The summed E-state index contributed by atoms with van der Waals surface area (Å²) in [6, 6.07) is 2.45. The molecule has 0 aromatic carbocycles. The van der Waals surface area contributed by atoms with E-state index in [1.54, 1.807) is 17.0 Å². The van der Waals surface area contributed by atoms with Crippen molar-refractivity contribution >= 4 is 17.8 Å². The summed E-state index contributed by atoms with van der Waals surface area (Å²) < 4.78 is 5.14. The van der Waals surface area contributed by atoms with E-state index in [1.807, 2.05) is 13.8 Å². The molecule has 130 valence electrons. The molecule has 0 spiro atoms. The maximum Gasteiger partial charge on any atom is 0.325 e. The molecule has 2 saturated heterocycles. The van der Waals surface area contributed by atoms with Gasteiger partial charge >= 0.3 is 6.03 Å². The first-order chi connectivity index (χ1) is 11.5. The molecule has 0 aliphatic carbocycles. The minimum Gasteiger partial charge on any atom is -0.459 e. The van der Waals surface area contributed by atoms with Gasteiger partial charge in [-0.2, -0.15) is 0 Å². The summed E-state index contributed by atoms with van der Waals surface area (Å²) in [6.45, 7) is 4.99. The number of nitrogens with one attached hydrogen (secondary N) is 1. The second-order valence-electron chi connectivity index (χ2n) is 6.52. The summed E-state index contributed by atoms with van der Waals surface area (Å²) in [6.07, 6.45) is 3.50. The highest BCUT2D eigenvalue weighted by Gasteiger charge is 2.44. The Morgan fingerprint density at radius 2 is 2.08 bits per heavy atom. The Morgan fingerprint density at radius 1 is 1.38 bits per heavy atom. The van der Waals surface area contributed by atoms with E-state index in [0.29, 0.717) is 31.7 Å². The van der Waals surface area contributed by atoms with Gasteiger partial charge in [-0.15, -0.1) is 0 Å². The Morgan fingerprint density at radius 3 is 2.67 bits per heavy atom. The number of urea groups is 1. The van der Waals surface area contributed by atoms with Crippen LogP contribution in [-0.2, 0) is 4.79 Å². The van der Waals surface area contributed by atoms with Gasteiger partial charge in [0.1, 0.15) is 6.04 Å². The van der Waals surface area contributed by atoms with Crippen LogP contribution >= 0.6 is 0 Å². The van der Waals surface area contributed by atoms with Crippen LogP contribution in [0, 0.1) is 5.92 Å². The molecule has 0 unspecified atom stereocenters. The fourth-order valence-corrected chi connectivity index (χ4v) is 3.36. The summed E-state index contributed by atoms with van der Waals surface area (Å²) in [5, 5.41) is 2.80. The molecule has 2 atom stereocenters. The van der Waals surface area contributed by atoms with Crippen molar-refractivity contribution in [2.24, 2.45) is 5.92 Å². The first kappa shape index (κ1) is 16.5. The SMILES string of the molecule is CC[C@H](C)[C@@H]1NC(=O)N(C2CCN(C(=O)c3ccco3)CC2)C1=O. The van der Waals surface area contributed by atoms with Crippen LogP contribution in [0.2, 0.25) is 0 Å². The lowest BCUT2D eigenvalue weighted by Gasteiger charge is -2.35. The Kier molecular flexibility index (Phi) is 4.59. The summed E-state index contributed by atoms with van der Waals surface area (Å²) in [5.41, 5.74) is 0. The smallest absolute Gasteiger partial charge is 0.325 e. The van der Waals surface area contributed by atoms with Crippen LogP contribution in [0.5, 0.6) is 0 Å². The van der Waals surface area contributed by atoms with Gasteiger partial charge in [0.2, 0.25) is 0 Å². The monoisotopic (exact) mass is 333 g/mol. The molecule has 0 saturated carbocycles. The van der Waals surface area contributed by atoms with Crippen molar-refractivity contribution in [2.45, 2.75) is 45.2 Å². The minimum atomic E-state index is -0.426. The molecule has 7 heteroatoms. The number of rotatable bonds is 4. The largest absolute Gasteiger partial charge is 0.459 e. The topological polar surface area (TPSA) is 82.9 Å². The number of nitrogens with zero attached hydrogens (tertiary/aromatic N) is 2. The molecule has 1 N–H and O–H groups in total. The Labute approximate surface area is 141 Å². The lowest BCUT2D eigenvalue weighted by molar-refractivity contribution is -0.130. The van der Waals surface area contributed by atoms with Gasteiger partial charge in [-0.05, 0) is 30.9 Å². The van der Waals surface area contributed by atoms with Gasteiger partial charge in [0.05, 0.1) is 6.26 Å². The van der Waals surface area contributed by atoms with Gasteiger partial charge in [0.15, 0.2) is 5.76 Å². The summed E-state index contributed by atoms with van der Waals surface area (Å²) >= 11 is 0. The van der Waals surface area contributed by atoms with Crippen LogP contribution in [0.15, 0.2) is 22.8 Å². The second kappa shape index (κ2) is 6.67. The number of furan rings is 1. The Balaban J connectivity index is 1.61. The zero-order valence-corrected chi connectivity index (χ0v) is 14.0. The van der Waals surface area contributed by atoms with Gasteiger partial charge in [-0.3, -0.25) is 14.5 Å². The predicted octanol–water partition coefficient (Wildman–Crippen LogP) is 1.85. The molecule has 2 fully saturated rings. The van der Waals surface area contributed by atoms with Crippen LogP contribution < -0.4 is 5.32 Å². The van der Waals surface area contributed by atoms with E-state index in [9.17, 15) is 14.4 Å². The van der Waals surface area contributed by atoms with Crippen molar-refractivity contribution in [3.8, 4) is 0 Å². The standard InChI is InChI=1S/C17H23N3O4/c1-3-11(2)14-16(22)20(17(23)18-14)12-6-8-19(9-7-12)15(21)13-5-4-10-24-13/h4-5,10-12,14H,3,6-9H2,1-2H3,(H,18,23)/t11-,14-/m0/s1. The van der Waals surface area contributed by atoms with E-state index in [2.05, 4.69) is 5.32 Å².